The van der Waals surface area contributed by atoms with E-state index in [2.05, 4.69) is 0 Å². The monoisotopic (exact) mass is 124 g/mol. The highest BCUT2D eigenvalue weighted by Crippen LogP contribution is 1.99. The van der Waals surface area contributed by atoms with Gasteiger partial charge < -0.3 is 0 Å². The van der Waals surface area contributed by atoms with E-state index >= 15 is 0 Å². The van der Waals surface area contributed by atoms with Crippen LogP contribution in [0.4, 0.5) is 4.39 Å². The first-order valence-corrected chi connectivity index (χ1v) is 2.39. The topological polar surface area (TPSA) is 17.1 Å². The van der Waals surface area contributed by atoms with Gasteiger partial charge >= 0.3 is 6.04 Å². The first-order valence-electron chi connectivity index (χ1n) is 1.95. The minimum absolute atomic E-state index is 0.179. The fourth-order valence-corrected chi connectivity index (χ4v) is 0.342. The summed E-state index contributed by atoms with van der Waals surface area (Å²) in [5.41, 5.74) is 0. The molecular weight excluding hydrogens is 118 g/mol. The minimum Gasteiger partial charge on any atom is -0.261 e. The Bertz CT molecular complexity index is 72.1. The van der Waals surface area contributed by atoms with Crippen LogP contribution < -0.4 is 0 Å². The number of hydrogen-bond donors (Lipinski definition) is 0. The highest BCUT2D eigenvalue weighted by molar-refractivity contribution is 6.21. The van der Waals surface area contributed by atoms with E-state index in [-0.39, 0.29) is 11.8 Å². The molecule has 0 fully saturated rings. The van der Waals surface area contributed by atoms with Crippen LogP contribution >= 0.6 is 11.6 Å². The third-order valence-corrected chi connectivity index (χ3v) is 0.596. The lowest BCUT2D eigenvalue weighted by Crippen LogP contribution is -1.96. The molecule has 7 heavy (non-hydrogen) atoms. The quantitative estimate of drug-likeness (QED) is 0.403. The maximum absolute atomic E-state index is 11.2. The van der Waals surface area contributed by atoms with Gasteiger partial charge in [-0.25, -0.2) is 0 Å². The summed E-state index contributed by atoms with van der Waals surface area (Å²) in [6.07, 6.45) is -0.179. The number of halogens is 2. The fourth-order valence-electron chi connectivity index (χ4n) is 0.221. The Morgan fingerprint density at radius 1 is 2.00 bits per heavy atom. The van der Waals surface area contributed by atoms with Gasteiger partial charge in [0.15, 0.2) is 0 Å². The van der Waals surface area contributed by atoms with Crippen molar-refractivity contribution in [1.29, 1.82) is 0 Å². The second-order valence-corrected chi connectivity index (χ2v) is 2.09. The van der Waals surface area contributed by atoms with Gasteiger partial charge in [-0.2, -0.15) is 4.39 Å². The largest absolute Gasteiger partial charge is 0.302 e. The number of alkyl halides is 1. The van der Waals surface area contributed by atoms with Gasteiger partial charge in [-0.15, -0.1) is 11.6 Å². The van der Waals surface area contributed by atoms with Crippen molar-refractivity contribution in [2.45, 2.75) is 18.7 Å². The maximum atomic E-state index is 11.2. The Labute approximate surface area is 46.5 Å². The zero-order valence-electron chi connectivity index (χ0n) is 3.95. The standard InChI is InChI=1S/C4H6ClFO/c1-3(5)2-4(6)7/h3H,2H2,1H3. The summed E-state index contributed by atoms with van der Waals surface area (Å²) in [5.74, 6) is 0. The van der Waals surface area contributed by atoms with E-state index in [1.54, 1.807) is 6.92 Å². The van der Waals surface area contributed by atoms with E-state index in [1.165, 1.54) is 0 Å². The molecule has 42 valence electrons. The zero-order valence-corrected chi connectivity index (χ0v) is 4.70. The number of hydrogen-bond acceptors (Lipinski definition) is 1. The first kappa shape index (κ1) is 6.89. The second kappa shape index (κ2) is 2.97. The molecule has 0 bridgehead atoms. The predicted octanol–water partition coefficient (Wildman–Crippen LogP) is 1.50. The van der Waals surface area contributed by atoms with Gasteiger partial charge in [0.05, 0.1) is 6.42 Å². The summed E-state index contributed by atoms with van der Waals surface area (Å²) < 4.78 is 11.2. The molecular formula is C4H6ClFO. The molecule has 0 spiro atoms. The van der Waals surface area contributed by atoms with Gasteiger partial charge in [-0.1, -0.05) is 0 Å². The highest BCUT2D eigenvalue weighted by Gasteiger charge is 2.01. The maximum Gasteiger partial charge on any atom is 0.302 e. The summed E-state index contributed by atoms with van der Waals surface area (Å²) in [4.78, 5) is 9.50. The normalized spacial score (nSPS) is 13.6. The molecule has 0 heterocycles. The van der Waals surface area contributed by atoms with Crippen molar-refractivity contribution < 1.29 is 9.18 Å². The third-order valence-electron chi connectivity index (χ3n) is 0.442. The van der Waals surface area contributed by atoms with Crippen LogP contribution in [-0.2, 0) is 4.79 Å². The molecule has 0 aromatic heterocycles. The molecule has 1 unspecified atom stereocenters. The Morgan fingerprint density at radius 3 is 2.43 bits per heavy atom. The van der Waals surface area contributed by atoms with Gasteiger partial charge in [0, 0.05) is 5.38 Å². The van der Waals surface area contributed by atoms with Crippen LogP contribution in [0, 0.1) is 0 Å². The van der Waals surface area contributed by atoms with Crippen molar-refractivity contribution in [3.8, 4) is 0 Å². The molecule has 0 saturated carbocycles. The molecule has 1 nitrogen and oxygen atoms in total. The van der Waals surface area contributed by atoms with Crippen LogP contribution in [-0.4, -0.2) is 11.4 Å². The van der Waals surface area contributed by atoms with E-state index in [0.29, 0.717) is 0 Å². The summed E-state index contributed by atoms with van der Waals surface area (Å²) in [7, 11) is 0. The van der Waals surface area contributed by atoms with E-state index in [0.717, 1.165) is 0 Å². The molecule has 1 atom stereocenters. The van der Waals surface area contributed by atoms with E-state index in [4.69, 9.17) is 11.6 Å². The van der Waals surface area contributed by atoms with Crippen LogP contribution in [0.15, 0.2) is 0 Å². The Balaban J connectivity index is 3.13. The SMILES string of the molecule is CC(Cl)CC(=O)F. The van der Waals surface area contributed by atoms with Crippen molar-refractivity contribution in [1.82, 2.24) is 0 Å². The molecule has 0 saturated heterocycles. The van der Waals surface area contributed by atoms with E-state index in [1.807, 2.05) is 0 Å². The number of rotatable bonds is 2. The van der Waals surface area contributed by atoms with Gasteiger partial charge in [0.1, 0.15) is 0 Å². The summed E-state index contributed by atoms with van der Waals surface area (Å²) in [6.45, 7) is 1.57. The average Bonchev–Trinajstić information content (AvgIpc) is 1.27. The number of carbonyl (C=O) groups is 1. The Kier molecular flexibility index (Phi) is 2.92. The van der Waals surface area contributed by atoms with Crippen LogP contribution in [0.1, 0.15) is 13.3 Å². The van der Waals surface area contributed by atoms with Gasteiger partial charge in [0.2, 0.25) is 0 Å². The zero-order chi connectivity index (χ0) is 5.86. The predicted molar refractivity (Wildman–Crippen MR) is 26.0 cm³/mol. The molecule has 0 N–H and O–H groups in total. The molecule has 0 aromatic carbocycles. The van der Waals surface area contributed by atoms with Gasteiger partial charge in [-0.05, 0) is 6.92 Å². The van der Waals surface area contributed by atoms with Crippen LogP contribution in [0.25, 0.3) is 0 Å². The lowest BCUT2D eigenvalue weighted by atomic mass is 10.3. The summed E-state index contributed by atoms with van der Waals surface area (Å²) >= 11 is 5.21. The molecule has 0 aromatic rings. The van der Waals surface area contributed by atoms with Crippen LogP contribution in [0.5, 0.6) is 0 Å². The Hall–Kier alpha value is -0.110. The fraction of sp³-hybridized carbons (Fsp3) is 0.750. The number of carbonyl (C=O) groups excluding carboxylic acids is 1. The lowest BCUT2D eigenvalue weighted by Gasteiger charge is -1.90. The first-order chi connectivity index (χ1) is 3.13. The van der Waals surface area contributed by atoms with Crippen LogP contribution in [0.2, 0.25) is 0 Å². The molecule has 0 amide bonds. The summed E-state index contributed by atoms with van der Waals surface area (Å²) in [5, 5.41) is -0.377. The van der Waals surface area contributed by atoms with E-state index in [9.17, 15) is 9.18 Å². The van der Waals surface area contributed by atoms with Crippen molar-refractivity contribution in [3.05, 3.63) is 0 Å². The van der Waals surface area contributed by atoms with Crippen molar-refractivity contribution in [2.24, 2.45) is 0 Å². The highest BCUT2D eigenvalue weighted by atomic mass is 35.5. The average molecular weight is 125 g/mol. The lowest BCUT2D eigenvalue weighted by molar-refractivity contribution is -0.129. The van der Waals surface area contributed by atoms with Crippen molar-refractivity contribution in [2.75, 3.05) is 0 Å². The van der Waals surface area contributed by atoms with Crippen molar-refractivity contribution in [3.63, 3.8) is 0 Å². The summed E-state index contributed by atoms with van der Waals surface area (Å²) in [6, 6.07) is -1.34. The van der Waals surface area contributed by atoms with Crippen LogP contribution in [0.3, 0.4) is 0 Å². The second-order valence-electron chi connectivity index (χ2n) is 1.34. The molecule has 0 rings (SSSR count). The smallest absolute Gasteiger partial charge is 0.261 e. The third kappa shape index (κ3) is 5.89. The van der Waals surface area contributed by atoms with Gasteiger partial charge in [-0.3, -0.25) is 4.79 Å². The van der Waals surface area contributed by atoms with E-state index < -0.39 is 6.04 Å². The van der Waals surface area contributed by atoms with Crippen molar-refractivity contribution >= 4 is 17.6 Å². The molecule has 0 aliphatic rings. The molecule has 0 aliphatic carbocycles. The molecule has 0 aliphatic heterocycles. The minimum atomic E-state index is -1.34. The Morgan fingerprint density at radius 2 is 2.43 bits per heavy atom. The molecule has 0 radical (unpaired) electrons. The van der Waals surface area contributed by atoms with Gasteiger partial charge in [0.25, 0.3) is 0 Å². The molecule has 3 heteroatoms.